The largest absolute Gasteiger partial charge is 0.350 e. The smallest absolute Gasteiger partial charge is 0.222 e. The molecule has 116 valence electrons. The van der Waals surface area contributed by atoms with E-state index < -0.39 is 0 Å². The van der Waals surface area contributed by atoms with Gasteiger partial charge in [0, 0.05) is 24.5 Å². The molecule has 0 spiro atoms. The molecule has 0 saturated heterocycles. The minimum absolute atomic E-state index is 0.000568. The second-order valence-corrected chi connectivity index (χ2v) is 5.93. The van der Waals surface area contributed by atoms with E-state index in [1.165, 1.54) is 11.3 Å². The molecule has 0 radical (unpaired) electrons. The van der Waals surface area contributed by atoms with Crippen molar-refractivity contribution in [3.63, 3.8) is 0 Å². The first kappa shape index (κ1) is 14.7. The maximum absolute atomic E-state index is 11.9. The van der Waals surface area contributed by atoms with Crippen LogP contribution in [0.15, 0.2) is 17.8 Å². The van der Waals surface area contributed by atoms with Crippen molar-refractivity contribution in [3.05, 3.63) is 28.5 Å². The van der Waals surface area contributed by atoms with E-state index in [0.29, 0.717) is 19.5 Å². The molecule has 0 saturated carbocycles. The molecule has 0 aliphatic carbocycles. The Morgan fingerprint density at radius 1 is 1.41 bits per heavy atom. The van der Waals surface area contributed by atoms with Crippen LogP contribution >= 0.6 is 11.3 Å². The predicted octanol–water partition coefficient (Wildman–Crippen LogP) is 1.72. The fourth-order valence-electron chi connectivity index (χ4n) is 2.44. The van der Waals surface area contributed by atoms with Crippen LogP contribution in [0.5, 0.6) is 0 Å². The highest BCUT2D eigenvalue weighted by atomic mass is 32.1. The fraction of sp³-hybridized carbons (Fsp3) is 0.429. The van der Waals surface area contributed by atoms with Gasteiger partial charge in [0.15, 0.2) is 0 Å². The van der Waals surface area contributed by atoms with Crippen molar-refractivity contribution in [2.24, 2.45) is 0 Å². The molecule has 0 unspecified atom stereocenters. The maximum atomic E-state index is 11.9. The summed E-state index contributed by atoms with van der Waals surface area (Å²) in [7, 11) is 0. The number of nitrogens with one attached hydrogen (secondary N) is 1. The number of thiazole rings is 1. The summed E-state index contributed by atoms with van der Waals surface area (Å²) in [6.45, 7) is 5.86. The Hall–Kier alpha value is -2.22. The molecule has 7 nitrogen and oxygen atoms in total. The molecule has 1 N–H and O–H groups in total. The number of aromatic nitrogens is 5. The van der Waals surface area contributed by atoms with Crippen LogP contribution in [0.2, 0.25) is 0 Å². The molecule has 0 aliphatic rings. The van der Waals surface area contributed by atoms with Gasteiger partial charge in [0.05, 0.1) is 25.0 Å². The number of rotatable bonds is 6. The second kappa shape index (κ2) is 6.27. The van der Waals surface area contributed by atoms with Gasteiger partial charge in [0.2, 0.25) is 5.91 Å². The summed E-state index contributed by atoms with van der Waals surface area (Å²) >= 11 is 1.54. The third kappa shape index (κ3) is 2.87. The molecule has 0 atom stereocenters. The fourth-order valence-corrected chi connectivity index (χ4v) is 3.00. The zero-order chi connectivity index (χ0) is 15.5. The predicted molar refractivity (Wildman–Crippen MR) is 84.5 cm³/mol. The maximum Gasteiger partial charge on any atom is 0.222 e. The third-order valence-electron chi connectivity index (χ3n) is 3.48. The molecule has 0 bridgehead atoms. The Balaban J connectivity index is 1.61. The van der Waals surface area contributed by atoms with Crippen molar-refractivity contribution in [3.8, 4) is 0 Å². The van der Waals surface area contributed by atoms with E-state index in [1.807, 2.05) is 27.9 Å². The average Bonchev–Trinajstić information content (AvgIpc) is 3.22. The number of carbonyl (C=O) groups excluding carboxylic acids is 1. The zero-order valence-corrected chi connectivity index (χ0v) is 13.4. The van der Waals surface area contributed by atoms with Crippen LogP contribution in [-0.4, -0.2) is 30.5 Å². The highest BCUT2D eigenvalue weighted by molar-refractivity contribution is 7.09. The molecule has 0 aliphatic heterocycles. The van der Waals surface area contributed by atoms with Gasteiger partial charge in [-0.2, -0.15) is 10.2 Å². The number of hydrogen-bond acceptors (Lipinski definition) is 5. The van der Waals surface area contributed by atoms with Crippen LogP contribution in [0.3, 0.4) is 0 Å². The lowest BCUT2D eigenvalue weighted by atomic mass is 10.3. The lowest BCUT2D eigenvalue weighted by Crippen LogP contribution is -2.24. The van der Waals surface area contributed by atoms with Crippen LogP contribution in [-0.2, 0) is 24.4 Å². The molecule has 3 rings (SSSR count). The minimum atomic E-state index is -0.000568. The number of fused-ring (bicyclic) bond motifs is 1. The quantitative estimate of drug-likeness (QED) is 0.751. The van der Waals surface area contributed by atoms with E-state index >= 15 is 0 Å². The number of hydrogen-bond donors (Lipinski definition) is 1. The molecule has 1 amide bonds. The van der Waals surface area contributed by atoms with Crippen LogP contribution in [0.4, 0.5) is 0 Å². The Morgan fingerprint density at radius 3 is 3.00 bits per heavy atom. The number of aryl methyl sites for hydroxylation is 3. The molecule has 3 heterocycles. The summed E-state index contributed by atoms with van der Waals surface area (Å²) in [5.41, 5.74) is 2.97. The third-order valence-corrected chi connectivity index (χ3v) is 4.26. The molecule has 0 aromatic carbocycles. The first-order valence-corrected chi connectivity index (χ1v) is 8.11. The van der Waals surface area contributed by atoms with Gasteiger partial charge < -0.3 is 5.32 Å². The summed E-state index contributed by atoms with van der Waals surface area (Å²) in [6, 6.07) is 0. The van der Waals surface area contributed by atoms with Gasteiger partial charge in [0.1, 0.15) is 16.0 Å². The van der Waals surface area contributed by atoms with Gasteiger partial charge in [-0.1, -0.05) is 0 Å². The van der Waals surface area contributed by atoms with Gasteiger partial charge in [-0.3, -0.25) is 14.2 Å². The number of amides is 1. The van der Waals surface area contributed by atoms with Crippen molar-refractivity contribution in [1.29, 1.82) is 0 Å². The zero-order valence-electron chi connectivity index (χ0n) is 12.6. The first-order chi connectivity index (χ1) is 10.7. The molecule has 0 fully saturated rings. The van der Waals surface area contributed by atoms with E-state index in [2.05, 4.69) is 27.4 Å². The van der Waals surface area contributed by atoms with Crippen LogP contribution in [0, 0.1) is 6.92 Å². The van der Waals surface area contributed by atoms with Gasteiger partial charge in [-0.25, -0.2) is 4.98 Å². The van der Waals surface area contributed by atoms with E-state index in [1.54, 1.807) is 6.20 Å². The van der Waals surface area contributed by atoms with Crippen molar-refractivity contribution in [1.82, 2.24) is 29.9 Å². The molecular formula is C14H18N6OS. The number of carbonyl (C=O) groups is 1. The standard InChI is InChI=1S/C14H18N6OS/c1-3-19-11-8-17-20(14(11)10(2)18-19)6-4-12(21)16-9-13-15-5-7-22-13/h5,7-8H,3-4,6,9H2,1-2H3,(H,16,21). The molecule has 22 heavy (non-hydrogen) atoms. The monoisotopic (exact) mass is 318 g/mol. The normalized spacial score (nSPS) is 11.2. The first-order valence-electron chi connectivity index (χ1n) is 7.23. The van der Waals surface area contributed by atoms with E-state index in [9.17, 15) is 4.79 Å². The Bertz CT molecular complexity index is 773. The van der Waals surface area contributed by atoms with Gasteiger partial charge in [0.25, 0.3) is 0 Å². The van der Waals surface area contributed by atoms with Crippen molar-refractivity contribution >= 4 is 28.3 Å². The highest BCUT2D eigenvalue weighted by Gasteiger charge is 2.13. The highest BCUT2D eigenvalue weighted by Crippen LogP contribution is 2.17. The summed E-state index contributed by atoms with van der Waals surface area (Å²) in [6.07, 6.45) is 3.94. The van der Waals surface area contributed by atoms with Gasteiger partial charge in [-0.05, 0) is 13.8 Å². The van der Waals surface area contributed by atoms with Crippen molar-refractivity contribution in [2.45, 2.75) is 39.9 Å². The SMILES string of the molecule is CCn1nc(C)c2c1cnn2CCC(=O)NCc1nccs1. The second-order valence-electron chi connectivity index (χ2n) is 4.96. The molecule has 3 aromatic heterocycles. The number of nitrogens with zero attached hydrogens (tertiary/aromatic N) is 5. The van der Waals surface area contributed by atoms with E-state index in [-0.39, 0.29) is 5.91 Å². The van der Waals surface area contributed by atoms with E-state index in [0.717, 1.165) is 28.3 Å². The molecular weight excluding hydrogens is 300 g/mol. The van der Waals surface area contributed by atoms with Crippen LogP contribution in [0.1, 0.15) is 24.0 Å². The molecule has 3 aromatic rings. The lowest BCUT2D eigenvalue weighted by Gasteiger charge is -2.04. The topological polar surface area (TPSA) is 77.6 Å². The van der Waals surface area contributed by atoms with Crippen LogP contribution < -0.4 is 5.32 Å². The minimum Gasteiger partial charge on any atom is -0.350 e. The summed E-state index contributed by atoms with van der Waals surface area (Å²) in [5.74, 6) is -0.000568. The van der Waals surface area contributed by atoms with Crippen LogP contribution in [0.25, 0.3) is 11.0 Å². The molecule has 8 heteroatoms. The van der Waals surface area contributed by atoms with Crippen molar-refractivity contribution < 1.29 is 4.79 Å². The summed E-state index contributed by atoms with van der Waals surface area (Å²) in [5, 5.41) is 14.5. The van der Waals surface area contributed by atoms with Gasteiger partial charge >= 0.3 is 0 Å². The Morgan fingerprint density at radius 2 is 2.27 bits per heavy atom. The summed E-state index contributed by atoms with van der Waals surface area (Å²) < 4.78 is 3.78. The average molecular weight is 318 g/mol. The Kier molecular flexibility index (Phi) is 4.19. The summed E-state index contributed by atoms with van der Waals surface area (Å²) in [4.78, 5) is 16.1. The Labute approximate surface area is 132 Å². The van der Waals surface area contributed by atoms with E-state index in [4.69, 9.17) is 0 Å². The van der Waals surface area contributed by atoms with Crippen molar-refractivity contribution in [2.75, 3.05) is 0 Å². The van der Waals surface area contributed by atoms with Gasteiger partial charge in [-0.15, -0.1) is 11.3 Å². The lowest BCUT2D eigenvalue weighted by molar-refractivity contribution is -0.121.